The van der Waals surface area contributed by atoms with Crippen LogP contribution in [0.5, 0.6) is 0 Å². The van der Waals surface area contributed by atoms with Crippen LogP contribution in [-0.4, -0.2) is 23.5 Å². The highest BCUT2D eigenvalue weighted by Gasteiger charge is 2.27. The standard InChI is InChI=1S/C17H27BrN2/c1-3-12-20(17-10-8-16(19)9-11-17)13(2)14-4-6-15(18)7-5-14/h4-7,13,16-17H,3,8-12,19H2,1-2H3. The molecule has 0 aliphatic heterocycles. The van der Waals surface area contributed by atoms with E-state index < -0.39 is 0 Å². The maximum absolute atomic E-state index is 6.05. The van der Waals surface area contributed by atoms with Crippen molar-refractivity contribution < 1.29 is 0 Å². The molecule has 1 aromatic carbocycles. The van der Waals surface area contributed by atoms with Crippen LogP contribution >= 0.6 is 15.9 Å². The van der Waals surface area contributed by atoms with Gasteiger partial charge in [-0.15, -0.1) is 0 Å². The Morgan fingerprint density at radius 2 is 1.80 bits per heavy atom. The molecule has 20 heavy (non-hydrogen) atoms. The van der Waals surface area contributed by atoms with Gasteiger partial charge in [-0.1, -0.05) is 35.0 Å². The first kappa shape index (κ1) is 16.0. The quantitative estimate of drug-likeness (QED) is 0.856. The second-order valence-electron chi connectivity index (χ2n) is 6.03. The second-order valence-corrected chi connectivity index (χ2v) is 6.95. The van der Waals surface area contributed by atoms with E-state index in [1.807, 2.05) is 0 Å². The summed E-state index contributed by atoms with van der Waals surface area (Å²) in [5.74, 6) is 0. The van der Waals surface area contributed by atoms with Gasteiger partial charge in [0, 0.05) is 22.6 Å². The van der Waals surface area contributed by atoms with Gasteiger partial charge in [0.15, 0.2) is 0 Å². The Morgan fingerprint density at radius 3 is 2.35 bits per heavy atom. The molecule has 1 atom stereocenters. The van der Waals surface area contributed by atoms with E-state index in [-0.39, 0.29) is 0 Å². The molecule has 2 rings (SSSR count). The number of nitrogens with two attached hydrogens (primary N) is 1. The van der Waals surface area contributed by atoms with Gasteiger partial charge in [0.1, 0.15) is 0 Å². The summed E-state index contributed by atoms with van der Waals surface area (Å²) in [6.45, 7) is 5.79. The lowest BCUT2D eigenvalue weighted by Gasteiger charge is -2.40. The Bertz CT molecular complexity index is 396. The summed E-state index contributed by atoms with van der Waals surface area (Å²) in [7, 11) is 0. The van der Waals surface area contributed by atoms with E-state index in [0.29, 0.717) is 18.1 Å². The molecule has 1 saturated carbocycles. The summed E-state index contributed by atoms with van der Waals surface area (Å²) < 4.78 is 1.15. The first-order valence-corrected chi connectivity index (χ1v) is 8.68. The van der Waals surface area contributed by atoms with Gasteiger partial charge in [0.25, 0.3) is 0 Å². The first-order valence-electron chi connectivity index (χ1n) is 7.88. The SMILES string of the molecule is CCCN(C1CCC(N)CC1)C(C)c1ccc(Br)cc1. The molecule has 0 heterocycles. The predicted molar refractivity (Wildman–Crippen MR) is 89.8 cm³/mol. The van der Waals surface area contributed by atoms with Crippen molar-refractivity contribution in [1.82, 2.24) is 4.90 Å². The second kappa shape index (κ2) is 7.58. The Labute approximate surface area is 131 Å². The van der Waals surface area contributed by atoms with Gasteiger partial charge in [-0.25, -0.2) is 0 Å². The number of nitrogens with zero attached hydrogens (tertiary/aromatic N) is 1. The fourth-order valence-corrected chi connectivity index (χ4v) is 3.58. The summed E-state index contributed by atoms with van der Waals surface area (Å²) >= 11 is 3.52. The molecule has 112 valence electrons. The van der Waals surface area contributed by atoms with Crippen LogP contribution in [0.4, 0.5) is 0 Å². The molecule has 0 amide bonds. The van der Waals surface area contributed by atoms with Crippen molar-refractivity contribution >= 4 is 15.9 Å². The Morgan fingerprint density at radius 1 is 1.20 bits per heavy atom. The number of hydrogen-bond acceptors (Lipinski definition) is 2. The molecule has 0 aromatic heterocycles. The van der Waals surface area contributed by atoms with Crippen LogP contribution in [0.25, 0.3) is 0 Å². The third-order valence-corrected chi connectivity index (χ3v) is 5.07. The van der Waals surface area contributed by atoms with E-state index in [0.717, 1.165) is 4.47 Å². The summed E-state index contributed by atoms with van der Waals surface area (Å²) in [6, 6.07) is 10.4. The number of hydrogen-bond donors (Lipinski definition) is 1. The lowest BCUT2D eigenvalue weighted by molar-refractivity contribution is 0.107. The predicted octanol–water partition coefficient (Wildman–Crippen LogP) is 4.49. The summed E-state index contributed by atoms with van der Waals surface area (Å²) in [4.78, 5) is 2.69. The smallest absolute Gasteiger partial charge is 0.0322 e. The van der Waals surface area contributed by atoms with Gasteiger partial charge in [0.2, 0.25) is 0 Å². The first-order chi connectivity index (χ1) is 9.61. The van der Waals surface area contributed by atoms with E-state index in [2.05, 4.69) is 58.9 Å². The van der Waals surface area contributed by atoms with Crippen molar-refractivity contribution in [3.05, 3.63) is 34.3 Å². The van der Waals surface area contributed by atoms with Crippen LogP contribution in [-0.2, 0) is 0 Å². The molecule has 2 N–H and O–H groups in total. The lowest BCUT2D eigenvalue weighted by atomic mass is 9.89. The van der Waals surface area contributed by atoms with Crippen LogP contribution in [0, 0.1) is 0 Å². The van der Waals surface area contributed by atoms with E-state index >= 15 is 0 Å². The van der Waals surface area contributed by atoms with Gasteiger partial charge in [-0.3, -0.25) is 4.90 Å². The average molecular weight is 339 g/mol. The van der Waals surface area contributed by atoms with Crippen molar-refractivity contribution in [2.45, 2.75) is 64.1 Å². The molecule has 3 heteroatoms. The Hall–Kier alpha value is -0.380. The third kappa shape index (κ3) is 4.06. The molecule has 1 fully saturated rings. The molecule has 1 unspecified atom stereocenters. The van der Waals surface area contributed by atoms with Crippen LogP contribution in [0.15, 0.2) is 28.7 Å². The normalized spacial score (nSPS) is 24.9. The monoisotopic (exact) mass is 338 g/mol. The Balaban J connectivity index is 2.08. The summed E-state index contributed by atoms with van der Waals surface area (Å²) in [5.41, 5.74) is 7.46. The molecular weight excluding hydrogens is 312 g/mol. The van der Waals surface area contributed by atoms with E-state index in [1.165, 1.54) is 44.2 Å². The molecule has 0 radical (unpaired) electrons. The number of rotatable bonds is 5. The zero-order valence-electron chi connectivity index (χ0n) is 12.7. The van der Waals surface area contributed by atoms with E-state index in [9.17, 15) is 0 Å². The van der Waals surface area contributed by atoms with Crippen molar-refractivity contribution in [2.75, 3.05) is 6.54 Å². The van der Waals surface area contributed by atoms with Crippen LogP contribution in [0.1, 0.15) is 57.6 Å². The molecule has 1 aliphatic carbocycles. The van der Waals surface area contributed by atoms with Crippen molar-refractivity contribution in [2.24, 2.45) is 5.73 Å². The highest BCUT2D eigenvalue weighted by Crippen LogP contribution is 2.30. The zero-order chi connectivity index (χ0) is 14.5. The molecule has 1 aromatic rings. The van der Waals surface area contributed by atoms with Crippen LogP contribution in [0.3, 0.4) is 0 Å². The number of halogens is 1. The maximum atomic E-state index is 6.05. The fraction of sp³-hybridized carbons (Fsp3) is 0.647. The highest BCUT2D eigenvalue weighted by atomic mass is 79.9. The molecule has 1 aliphatic rings. The molecular formula is C17H27BrN2. The topological polar surface area (TPSA) is 29.3 Å². The fourth-order valence-electron chi connectivity index (χ4n) is 3.32. The Kier molecular flexibility index (Phi) is 6.06. The minimum Gasteiger partial charge on any atom is -0.328 e. The highest BCUT2D eigenvalue weighted by molar-refractivity contribution is 9.10. The van der Waals surface area contributed by atoms with Gasteiger partial charge in [-0.2, -0.15) is 0 Å². The largest absolute Gasteiger partial charge is 0.328 e. The molecule has 0 saturated heterocycles. The number of benzene rings is 1. The maximum Gasteiger partial charge on any atom is 0.0322 e. The van der Waals surface area contributed by atoms with Crippen LogP contribution < -0.4 is 5.73 Å². The molecule has 0 spiro atoms. The van der Waals surface area contributed by atoms with Gasteiger partial charge < -0.3 is 5.73 Å². The van der Waals surface area contributed by atoms with Gasteiger partial charge >= 0.3 is 0 Å². The van der Waals surface area contributed by atoms with Gasteiger partial charge in [0.05, 0.1) is 0 Å². The van der Waals surface area contributed by atoms with E-state index in [1.54, 1.807) is 0 Å². The van der Waals surface area contributed by atoms with E-state index in [4.69, 9.17) is 5.73 Å². The van der Waals surface area contributed by atoms with Crippen molar-refractivity contribution in [3.63, 3.8) is 0 Å². The van der Waals surface area contributed by atoms with Gasteiger partial charge in [-0.05, 0) is 63.3 Å². The summed E-state index contributed by atoms with van der Waals surface area (Å²) in [6.07, 6.45) is 6.07. The minimum atomic E-state index is 0.428. The summed E-state index contributed by atoms with van der Waals surface area (Å²) in [5, 5.41) is 0. The zero-order valence-corrected chi connectivity index (χ0v) is 14.3. The van der Waals surface area contributed by atoms with Crippen LogP contribution in [0.2, 0.25) is 0 Å². The minimum absolute atomic E-state index is 0.428. The molecule has 2 nitrogen and oxygen atoms in total. The lowest BCUT2D eigenvalue weighted by Crippen LogP contribution is -2.42. The van der Waals surface area contributed by atoms with Crippen molar-refractivity contribution in [1.29, 1.82) is 0 Å². The average Bonchev–Trinajstić information content (AvgIpc) is 2.46. The molecule has 0 bridgehead atoms. The third-order valence-electron chi connectivity index (χ3n) is 4.54. The van der Waals surface area contributed by atoms with Crippen molar-refractivity contribution in [3.8, 4) is 0 Å².